The summed E-state index contributed by atoms with van der Waals surface area (Å²) in [5.41, 5.74) is 2.06. The molecule has 114 valence electrons. The molecule has 1 saturated heterocycles. The van der Waals surface area contributed by atoms with Gasteiger partial charge < -0.3 is 20.9 Å². The summed E-state index contributed by atoms with van der Waals surface area (Å²) in [7, 11) is 2.15. The van der Waals surface area contributed by atoms with Gasteiger partial charge in [-0.3, -0.25) is 4.79 Å². The molecule has 2 aliphatic heterocycles. The predicted octanol–water partition coefficient (Wildman–Crippen LogP) is 1.49. The molecule has 1 amide bonds. The first kappa shape index (κ1) is 14.2. The number of nitrogens with one attached hydrogen (secondary N) is 3. The summed E-state index contributed by atoms with van der Waals surface area (Å²) in [6.45, 7) is 3.89. The highest BCUT2D eigenvalue weighted by Gasteiger charge is 2.28. The number of benzene rings is 1. The van der Waals surface area contributed by atoms with Crippen LogP contribution in [0.15, 0.2) is 24.3 Å². The summed E-state index contributed by atoms with van der Waals surface area (Å²) in [5, 5.41) is 9.84. The Labute approximate surface area is 126 Å². The topological polar surface area (TPSA) is 56.4 Å². The number of likely N-dealkylation sites (tertiary alicyclic amines) is 1. The van der Waals surface area contributed by atoms with Crippen LogP contribution in [0.1, 0.15) is 19.8 Å². The van der Waals surface area contributed by atoms with Crippen LogP contribution in [0.5, 0.6) is 0 Å². The van der Waals surface area contributed by atoms with E-state index in [-0.39, 0.29) is 11.9 Å². The molecular formula is C16H24N4O. The first-order chi connectivity index (χ1) is 10.1. The summed E-state index contributed by atoms with van der Waals surface area (Å²) in [5.74, 6) is 0.0961. The van der Waals surface area contributed by atoms with Crippen LogP contribution in [0.25, 0.3) is 0 Å². The van der Waals surface area contributed by atoms with Gasteiger partial charge in [0.2, 0.25) is 5.91 Å². The Morgan fingerprint density at radius 3 is 2.86 bits per heavy atom. The van der Waals surface area contributed by atoms with Crippen LogP contribution in [0.3, 0.4) is 0 Å². The second-order valence-electron chi connectivity index (χ2n) is 6.18. The van der Waals surface area contributed by atoms with E-state index in [1.54, 1.807) is 0 Å². The normalized spacial score (nSPS) is 29.0. The zero-order valence-corrected chi connectivity index (χ0v) is 12.7. The third kappa shape index (κ3) is 3.13. The molecule has 3 unspecified atom stereocenters. The number of fused-ring (bicyclic) bond motifs is 1. The van der Waals surface area contributed by atoms with Gasteiger partial charge in [-0.05, 0) is 38.9 Å². The first-order valence-electron chi connectivity index (χ1n) is 7.73. The van der Waals surface area contributed by atoms with E-state index in [2.05, 4.69) is 34.8 Å². The lowest BCUT2D eigenvalue weighted by molar-refractivity contribution is -0.122. The molecule has 2 heterocycles. The van der Waals surface area contributed by atoms with Crippen LogP contribution >= 0.6 is 0 Å². The number of carbonyl (C=O) groups excluding carboxylic acids is 1. The molecular weight excluding hydrogens is 264 g/mol. The number of rotatable bonds is 2. The Balaban J connectivity index is 1.57. The van der Waals surface area contributed by atoms with Crippen LogP contribution in [-0.2, 0) is 4.79 Å². The van der Waals surface area contributed by atoms with Gasteiger partial charge in [0.1, 0.15) is 6.04 Å². The molecule has 0 saturated carbocycles. The third-order valence-electron chi connectivity index (χ3n) is 4.62. The van der Waals surface area contributed by atoms with E-state index >= 15 is 0 Å². The van der Waals surface area contributed by atoms with E-state index in [9.17, 15) is 4.79 Å². The van der Waals surface area contributed by atoms with Crippen molar-refractivity contribution in [1.82, 2.24) is 10.2 Å². The fourth-order valence-electron chi connectivity index (χ4n) is 3.09. The van der Waals surface area contributed by atoms with Gasteiger partial charge in [0.15, 0.2) is 0 Å². The number of anilines is 2. The van der Waals surface area contributed by atoms with Crippen molar-refractivity contribution in [2.75, 3.05) is 30.8 Å². The molecule has 1 aromatic rings. The van der Waals surface area contributed by atoms with Crippen LogP contribution in [0, 0.1) is 0 Å². The smallest absolute Gasteiger partial charge is 0.244 e. The summed E-state index contributed by atoms with van der Waals surface area (Å²) in [6.07, 6.45) is 2.06. The molecule has 5 heteroatoms. The van der Waals surface area contributed by atoms with Crippen molar-refractivity contribution >= 4 is 17.3 Å². The Kier molecular flexibility index (Phi) is 4.01. The summed E-state index contributed by atoms with van der Waals surface area (Å²) in [6, 6.07) is 8.62. The van der Waals surface area contributed by atoms with E-state index in [4.69, 9.17) is 0 Å². The predicted molar refractivity (Wildman–Crippen MR) is 85.6 cm³/mol. The number of hydrogen-bond donors (Lipinski definition) is 3. The molecule has 2 aliphatic rings. The minimum Gasteiger partial charge on any atom is -0.381 e. The van der Waals surface area contributed by atoms with E-state index in [1.807, 2.05) is 24.3 Å². The Hall–Kier alpha value is -1.75. The lowest BCUT2D eigenvalue weighted by Gasteiger charge is -2.36. The molecule has 3 N–H and O–H groups in total. The molecule has 0 aliphatic carbocycles. The molecule has 3 rings (SSSR count). The highest BCUT2D eigenvalue weighted by atomic mass is 16.2. The Bertz CT molecular complexity index is 519. The maximum atomic E-state index is 12.4. The molecule has 0 radical (unpaired) electrons. The van der Waals surface area contributed by atoms with Crippen molar-refractivity contribution < 1.29 is 4.79 Å². The van der Waals surface area contributed by atoms with E-state index < -0.39 is 0 Å². The number of amides is 1. The molecule has 0 aromatic heterocycles. The van der Waals surface area contributed by atoms with E-state index in [0.717, 1.165) is 30.8 Å². The standard InChI is InChI=1S/C16H24N4O/c1-11-9-12(7-8-20(11)2)18-16(21)15-10-17-13-5-3-4-6-14(13)19-15/h3-6,11-12,15,17,19H,7-10H2,1-2H3,(H,18,21). The molecule has 5 nitrogen and oxygen atoms in total. The molecule has 0 bridgehead atoms. The van der Waals surface area contributed by atoms with Gasteiger partial charge in [0.05, 0.1) is 11.4 Å². The maximum absolute atomic E-state index is 12.4. The zero-order chi connectivity index (χ0) is 14.8. The van der Waals surface area contributed by atoms with Crippen molar-refractivity contribution in [2.24, 2.45) is 0 Å². The van der Waals surface area contributed by atoms with Gasteiger partial charge in [-0.2, -0.15) is 0 Å². The van der Waals surface area contributed by atoms with Gasteiger partial charge in [-0.1, -0.05) is 12.1 Å². The van der Waals surface area contributed by atoms with Gasteiger partial charge in [0, 0.05) is 25.2 Å². The molecule has 0 spiro atoms. The van der Waals surface area contributed by atoms with Crippen LogP contribution in [0.2, 0.25) is 0 Å². The highest BCUT2D eigenvalue weighted by molar-refractivity contribution is 5.88. The highest BCUT2D eigenvalue weighted by Crippen LogP contribution is 2.25. The van der Waals surface area contributed by atoms with Crippen molar-refractivity contribution in [3.05, 3.63) is 24.3 Å². The lowest BCUT2D eigenvalue weighted by atomic mass is 9.98. The average Bonchev–Trinajstić information content (AvgIpc) is 2.50. The summed E-state index contributed by atoms with van der Waals surface area (Å²) < 4.78 is 0. The SMILES string of the molecule is CC1CC(NC(=O)C2CNc3ccccc3N2)CCN1C. The quantitative estimate of drug-likeness (QED) is 0.772. The van der Waals surface area contributed by atoms with Crippen molar-refractivity contribution in [3.63, 3.8) is 0 Å². The maximum Gasteiger partial charge on any atom is 0.244 e. The van der Waals surface area contributed by atoms with Gasteiger partial charge in [-0.15, -0.1) is 0 Å². The number of para-hydroxylation sites is 2. The number of piperidine rings is 1. The fourth-order valence-corrected chi connectivity index (χ4v) is 3.09. The Morgan fingerprint density at radius 2 is 2.10 bits per heavy atom. The minimum atomic E-state index is -0.199. The Morgan fingerprint density at radius 1 is 1.33 bits per heavy atom. The largest absolute Gasteiger partial charge is 0.381 e. The second kappa shape index (κ2) is 5.93. The molecule has 1 fully saturated rings. The van der Waals surface area contributed by atoms with E-state index in [1.165, 1.54) is 0 Å². The molecule has 21 heavy (non-hydrogen) atoms. The van der Waals surface area contributed by atoms with Crippen molar-refractivity contribution in [3.8, 4) is 0 Å². The number of hydrogen-bond acceptors (Lipinski definition) is 4. The molecule has 3 atom stereocenters. The van der Waals surface area contributed by atoms with E-state index in [0.29, 0.717) is 18.6 Å². The third-order valence-corrected chi connectivity index (χ3v) is 4.62. The van der Waals surface area contributed by atoms with Crippen molar-refractivity contribution in [2.45, 2.75) is 37.9 Å². The van der Waals surface area contributed by atoms with Gasteiger partial charge >= 0.3 is 0 Å². The first-order valence-corrected chi connectivity index (χ1v) is 7.73. The van der Waals surface area contributed by atoms with Crippen LogP contribution < -0.4 is 16.0 Å². The van der Waals surface area contributed by atoms with Crippen LogP contribution in [0.4, 0.5) is 11.4 Å². The van der Waals surface area contributed by atoms with Crippen LogP contribution in [-0.4, -0.2) is 49.1 Å². The molecule has 1 aromatic carbocycles. The number of nitrogens with zero attached hydrogens (tertiary/aromatic N) is 1. The average molecular weight is 288 g/mol. The van der Waals surface area contributed by atoms with Gasteiger partial charge in [-0.25, -0.2) is 0 Å². The lowest BCUT2D eigenvalue weighted by Crippen LogP contribution is -2.53. The second-order valence-corrected chi connectivity index (χ2v) is 6.18. The summed E-state index contributed by atoms with van der Waals surface area (Å²) in [4.78, 5) is 14.8. The summed E-state index contributed by atoms with van der Waals surface area (Å²) >= 11 is 0. The minimum absolute atomic E-state index is 0.0961. The van der Waals surface area contributed by atoms with Crippen molar-refractivity contribution in [1.29, 1.82) is 0 Å². The fraction of sp³-hybridized carbons (Fsp3) is 0.562. The van der Waals surface area contributed by atoms with Gasteiger partial charge in [0.25, 0.3) is 0 Å². The zero-order valence-electron chi connectivity index (χ0n) is 12.7. The number of carbonyl (C=O) groups is 1. The monoisotopic (exact) mass is 288 g/mol.